The number of aliphatic carboxylic acids is 1. The summed E-state index contributed by atoms with van der Waals surface area (Å²) in [5.74, 6) is -1.80. The maximum Gasteiger partial charge on any atom is 0.315 e. The minimum absolute atomic E-state index is 0.0573. The molecule has 0 aromatic carbocycles. The minimum Gasteiger partial charge on any atom is -0.481 e. The topological polar surface area (TPSA) is 116 Å². The van der Waals surface area contributed by atoms with Crippen LogP contribution in [0.4, 0.5) is 4.79 Å². The Hall–Kier alpha value is -2.12. The highest BCUT2D eigenvalue weighted by Gasteiger charge is 2.33. The van der Waals surface area contributed by atoms with Crippen molar-refractivity contribution in [1.29, 1.82) is 0 Å². The van der Waals surface area contributed by atoms with Crippen LogP contribution in [-0.4, -0.2) is 53.0 Å². The molecule has 1 aliphatic heterocycles. The highest BCUT2D eigenvalue weighted by atomic mass is 16.4. The second-order valence-electron chi connectivity index (χ2n) is 5.45. The molecular formula is C13H21N3O5. The molecule has 8 nitrogen and oxygen atoms in total. The SMILES string of the molecule is CC(C)C(CC(=O)O)NC(=O)NC1CCC(=O)N(C)C1=O. The molecule has 0 bridgehead atoms. The lowest BCUT2D eigenvalue weighted by Crippen LogP contribution is -2.56. The number of urea groups is 1. The third-order valence-electron chi connectivity index (χ3n) is 3.47. The molecule has 0 aromatic heterocycles. The fraction of sp³-hybridized carbons (Fsp3) is 0.692. The number of nitrogens with zero attached hydrogens (tertiary/aromatic N) is 1. The largest absolute Gasteiger partial charge is 0.481 e. The van der Waals surface area contributed by atoms with Crippen molar-refractivity contribution < 1.29 is 24.3 Å². The summed E-state index contributed by atoms with van der Waals surface area (Å²) in [6, 6.07) is -1.89. The predicted molar refractivity (Wildman–Crippen MR) is 73.3 cm³/mol. The first-order valence-electron chi connectivity index (χ1n) is 6.81. The maximum absolute atomic E-state index is 11.9. The van der Waals surface area contributed by atoms with Crippen LogP contribution in [0.25, 0.3) is 0 Å². The first kappa shape index (κ1) is 16.9. The molecule has 0 aliphatic carbocycles. The van der Waals surface area contributed by atoms with Crippen LogP contribution < -0.4 is 10.6 Å². The molecule has 0 saturated carbocycles. The van der Waals surface area contributed by atoms with Gasteiger partial charge in [-0.1, -0.05) is 13.8 Å². The van der Waals surface area contributed by atoms with Gasteiger partial charge in [0.1, 0.15) is 6.04 Å². The van der Waals surface area contributed by atoms with Crippen LogP contribution in [0.2, 0.25) is 0 Å². The number of imide groups is 1. The monoisotopic (exact) mass is 299 g/mol. The van der Waals surface area contributed by atoms with Crippen molar-refractivity contribution in [3.63, 3.8) is 0 Å². The Bertz CT molecular complexity index is 449. The number of hydrogen-bond acceptors (Lipinski definition) is 4. The number of carbonyl (C=O) groups excluding carboxylic acids is 3. The molecule has 1 heterocycles. The molecule has 3 N–H and O–H groups in total. The zero-order valence-corrected chi connectivity index (χ0v) is 12.4. The van der Waals surface area contributed by atoms with Gasteiger partial charge in [-0.3, -0.25) is 19.3 Å². The fourth-order valence-electron chi connectivity index (χ4n) is 2.06. The standard InChI is InChI=1S/C13H21N3O5/c1-7(2)9(6-11(18)19)15-13(21)14-8-4-5-10(17)16(3)12(8)20/h7-9H,4-6H2,1-3H3,(H,18,19)(H2,14,15,21). The van der Waals surface area contributed by atoms with Crippen LogP contribution in [0.1, 0.15) is 33.1 Å². The average molecular weight is 299 g/mol. The van der Waals surface area contributed by atoms with Gasteiger partial charge in [0.25, 0.3) is 5.91 Å². The van der Waals surface area contributed by atoms with Gasteiger partial charge in [-0.25, -0.2) is 4.79 Å². The van der Waals surface area contributed by atoms with Gasteiger partial charge in [-0.15, -0.1) is 0 Å². The van der Waals surface area contributed by atoms with E-state index in [1.54, 1.807) is 13.8 Å². The van der Waals surface area contributed by atoms with E-state index in [2.05, 4.69) is 10.6 Å². The molecule has 1 rings (SSSR count). The quantitative estimate of drug-likeness (QED) is 0.615. The normalized spacial score (nSPS) is 20.4. The summed E-state index contributed by atoms with van der Waals surface area (Å²) in [5.41, 5.74) is 0. The van der Waals surface area contributed by atoms with Gasteiger partial charge in [0, 0.05) is 19.5 Å². The van der Waals surface area contributed by atoms with Gasteiger partial charge >= 0.3 is 12.0 Å². The fourth-order valence-corrected chi connectivity index (χ4v) is 2.06. The van der Waals surface area contributed by atoms with E-state index in [4.69, 9.17) is 5.11 Å². The molecule has 2 atom stereocenters. The predicted octanol–water partition coefficient (Wildman–Crippen LogP) is -0.0677. The van der Waals surface area contributed by atoms with Crippen molar-refractivity contribution >= 4 is 23.8 Å². The van der Waals surface area contributed by atoms with Gasteiger partial charge in [0.05, 0.1) is 6.42 Å². The van der Waals surface area contributed by atoms with E-state index in [1.165, 1.54) is 7.05 Å². The smallest absolute Gasteiger partial charge is 0.315 e. The van der Waals surface area contributed by atoms with E-state index in [1.807, 2.05) is 0 Å². The molecule has 8 heteroatoms. The number of rotatable bonds is 5. The highest BCUT2D eigenvalue weighted by molar-refractivity contribution is 6.01. The van der Waals surface area contributed by atoms with Gasteiger partial charge in [-0.05, 0) is 12.3 Å². The number of piperidine rings is 1. The van der Waals surface area contributed by atoms with Gasteiger partial charge in [0.2, 0.25) is 5.91 Å². The molecule has 4 amide bonds. The Balaban J connectivity index is 2.58. The number of likely N-dealkylation sites (tertiary alicyclic amines) is 1. The number of hydrogen-bond donors (Lipinski definition) is 3. The molecule has 21 heavy (non-hydrogen) atoms. The van der Waals surface area contributed by atoms with Gasteiger partial charge < -0.3 is 15.7 Å². The molecule has 2 unspecified atom stereocenters. The second-order valence-corrected chi connectivity index (χ2v) is 5.45. The van der Waals surface area contributed by atoms with Crippen LogP contribution in [-0.2, 0) is 14.4 Å². The third-order valence-corrected chi connectivity index (χ3v) is 3.47. The number of amides is 4. The third kappa shape index (κ3) is 4.73. The lowest BCUT2D eigenvalue weighted by Gasteiger charge is -2.29. The molecule has 0 radical (unpaired) electrons. The van der Waals surface area contributed by atoms with Crippen molar-refractivity contribution in [2.45, 2.75) is 45.2 Å². The first-order valence-corrected chi connectivity index (χ1v) is 6.81. The number of carboxylic acid groups (broad SMARTS) is 1. The lowest BCUT2D eigenvalue weighted by atomic mass is 10.0. The number of carboxylic acids is 1. The molecule has 1 aliphatic rings. The van der Waals surface area contributed by atoms with E-state index >= 15 is 0 Å². The zero-order chi connectivity index (χ0) is 16.2. The van der Waals surface area contributed by atoms with E-state index in [9.17, 15) is 19.2 Å². The maximum atomic E-state index is 11.9. The average Bonchev–Trinajstić information content (AvgIpc) is 2.38. The molecule has 0 spiro atoms. The summed E-state index contributed by atoms with van der Waals surface area (Å²) < 4.78 is 0. The van der Waals surface area contributed by atoms with E-state index in [0.717, 1.165) is 4.90 Å². The van der Waals surface area contributed by atoms with Crippen LogP contribution >= 0.6 is 0 Å². The number of nitrogens with one attached hydrogen (secondary N) is 2. The van der Waals surface area contributed by atoms with Crippen molar-refractivity contribution in [2.75, 3.05) is 7.05 Å². The Morgan fingerprint density at radius 3 is 2.52 bits per heavy atom. The van der Waals surface area contributed by atoms with Crippen molar-refractivity contribution in [3.8, 4) is 0 Å². The van der Waals surface area contributed by atoms with Crippen molar-refractivity contribution in [3.05, 3.63) is 0 Å². The summed E-state index contributed by atoms with van der Waals surface area (Å²) in [4.78, 5) is 46.8. The van der Waals surface area contributed by atoms with E-state index < -0.39 is 30.0 Å². The molecule has 1 saturated heterocycles. The van der Waals surface area contributed by atoms with Crippen LogP contribution in [0.3, 0.4) is 0 Å². The van der Waals surface area contributed by atoms with E-state index in [-0.39, 0.29) is 31.1 Å². The number of likely N-dealkylation sites (N-methyl/N-ethyl adjacent to an activating group) is 1. The van der Waals surface area contributed by atoms with Crippen LogP contribution in [0, 0.1) is 5.92 Å². The molecule has 118 valence electrons. The molecule has 1 fully saturated rings. The number of carbonyl (C=O) groups is 4. The summed E-state index contributed by atoms with van der Waals surface area (Å²) >= 11 is 0. The minimum atomic E-state index is -1.01. The Kier molecular flexibility index (Phi) is 5.69. The van der Waals surface area contributed by atoms with Crippen LogP contribution in [0.15, 0.2) is 0 Å². The lowest BCUT2D eigenvalue weighted by molar-refractivity contribution is -0.148. The van der Waals surface area contributed by atoms with Crippen LogP contribution in [0.5, 0.6) is 0 Å². The Labute approximate surface area is 122 Å². The Morgan fingerprint density at radius 2 is 2.00 bits per heavy atom. The summed E-state index contributed by atoms with van der Waals surface area (Å²) in [6.07, 6.45) is 0.249. The summed E-state index contributed by atoms with van der Waals surface area (Å²) in [7, 11) is 1.37. The summed E-state index contributed by atoms with van der Waals surface area (Å²) in [6.45, 7) is 3.60. The van der Waals surface area contributed by atoms with E-state index in [0.29, 0.717) is 0 Å². The summed E-state index contributed by atoms with van der Waals surface area (Å²) in [5, 5.41) is 13.8. The van der Waals surface area contributed by atoms with Crippen molar-refractivity contribution in [1.82, 2.24) is 15.5 Å². The second kappa shape index (κ2) is 7.05. The Morgan fingerprint density at radius 1 is 1.38 bits per heavy atom. The van der Waals surface area contributed by atoms with Crippen molar-refractivity contribution in [2.24, 2.45) is 5.92 Å². The molecular weight excluding hydrogens is 278 g/mol. The molecule has 0 aromatic rings. The van der Waals surface area contributed by atoms with Gasteiger partial charge in [0.15, 0.2) is 0 Å². The van der Waals surface area contributed by atoms with Gasteiger partial charge in [-0.2, -0.15) is 0 Å². The first-order chi connectivity index (χ1) is 9.72. The highest BCUT2D eigenvalue weighted by Crippen LogP contribution is 2.12. The zero-order valence-electron chi connectivity index (χ0n) is 12.4.